The molecule has 0 spiro atoms. The minimum atomic E-state index is -4.34. The molecule has 142 valence electrons. The fraction of sp³-hybridized carbons (Fsp3) is 0.118. The summed E-state index contributed by atoms with van der Waals surface area (Å²) in [4.78, 5) is 2.87. The zero-order valence-electron chi connectivity index (χ0n) is 13.7. The molecule has 1 aromatic heterocycles. The van der Waals surface area contributed by atoms with Gasteiger partial charge in [-0.05, 0) is 11.6 Å². The van der Waals surface area contributed by atoms with E-state index in [9.17, 15) is 21.6 Å². The van der Waals surface area contributed by atoms with E-state index >= 15 is 0 Å². The van der Waals surface area contributed by atoms with Gasteiger partial charge in [0.05, 0.1) is 6.61 Å². The second-order valence-electron chi connectivity index (χ2n) is 5.35. The van der Waals surface area contributed by atoms with Crippen LogP contribution in [0.5, 0.6) is 5.75 Å². The first kappa shape index (κ1) is 19.2. The number of nitrogens with zero attached hydrogens (tertiary/aromatic N) is 1. The second-order valence-corrected chi connectivity index (χ2v) is 7.89. The van der Waals surface area contributed by atoms with Crippen molar-refractivity contribution in [2.75, 3.05) is 11.3 Å². The van der Waals surface area contributed by atoms with Crippen molar-refractivity contribution >= 4 is 26.5 Å². The van der Waals surface area contributed by atoms with Crippen molar-refractivity contribution in [3.05, 3.63) is 71.0 Å². The maximum atomic E-state index is 14.2. The van der Waals surface area contributed by atoms with Crippen LogP contribution in [-0.4, -0.2) is 20.0 Å². The van der Waals surface area contributed by atoms with E-state index in [0.717, 1.165) is 11.3 Å². The van der Waals surface area contributed by atoms with Crippen molar-refractivity contribution in [2.45, 2.75) is 11.3 Å². The molecule has 0 fully saturated rings. The van der Waals surface area contributed by atoms with Crippen LogP contribution in [0.25, 0.3) is 0 Å². The van der Waals surface area contributed by atoms with Crippen LogP contribution >= 0.6 is 11.3 Å². The summed E-state index contributed by atoms with van der Waals surface area (Å²) in [5, 5.41) is 1.56. The van der Waals surface area contributed by atoms with Crippen LogP contribution in [0.3, 0.4) is 0 Å². The van der Waals surface area contributed by atoms with E-state index in [-0.39, 0.29) is 18.2 Å². The topological polar surface area (TPSA) is 68.3 Å². The lowest BCUT2D eigenvalue weighted by Crippen LogP contribution is -2.15. The van der Waals surface area contributed by atoms with E-state index in [1.54, 1.807) is 12.1 Å². The van der Waals surface area contributed by atoms with Gasteiger partial charge in [-0.15, -0.1) is 11.3 Å². The molecule has 0 saturated heterocycles. The molecule has 1 heterocycles. The number of hydrogen-bond donors (Lipinski definition) is 1. The lowest BCUT2D eigenvalue weighted by molar-refractivity contribution is 0.300. The molecular weight excluding hydrogens is 401 g/mol. The highest BCUT2D eigenvalue weighted by molar-refractivity contribution is 7.93. The van der Waals surface area contributed by atoms with E-state index in [4.69, 9.17) is 4.74 Å². The first-order chi connectivity index (χ1) is 12.9. The average molecular weight is 414 g/mol. The highest BCUT2D eigenvalue weighted by atomic mass is 32.2. The number of anilines is 1. The number of sulfonamides is 1. The molecule has 0 unspecified atom stereocenters. The summed E-state index contributed by atoms with van der Waals surface area (Å²) in [5.41, 5.74) is 0.366. The fourth-order valence-electron chi connectivity index (χ4n) is 2.24. The number of rotatable bonds is 7. The van der Waals surface area contributed by atoms with Gasteiger partial charge in [0, 0.05) is 30.1 Å². The normalized spacial score (nSPS) is 11.4. The van der Waals surface area contributed by atoms with Crippen molar-refractivity contribution in [1.82, 2.24) is 4.98 Å². The molecule has 5 nitrogen and oxygen atoms in total. The molecule has 1 N–H and O–H groups in total. The van der Waals surface area contributed by atoms with Gasteiger partial charge in [-0.3, -0.25) is 4.72 Å². The SMILES string of the molecule is O=S(=O)(Nc1nccs1)c1cc(F)c(OCCc2ccccc2F)cc1F. The minimum absolute atomic E-state index is 0.0278. The van der Waals surface area contributed by atoms with E-state index < -0.39 is 38.1 Å². The summed E-state index contributed by atoms with van der Waals surface area (Å²) in [6.07, 6.45) is 1.51. The molecule has 0 atom stereocenters. The molecule has 0 aliphatic heterocycles. The van der Waals surface area contributed by atoms with Crippen LogP contribution in [0.4, 0.5) is 18.3 Å². The van der Waals surface area contributed by atoms with E-state index in [1.807, 2.05) is 0 Å². The van der Waals surface area contributed by atoms with Gasteiger partial charge in [-0.25, -0.2) is 26.6 Å². The monoisotopic (exact) mass is 414 g/mol. The molecule has 10 heteroatoms. The van der Waals surface area contributed by atoms with Crippen molar-refractivity contribution < 1.29 is 26.3 Å². The number of aromatic nitrogens is 1. The van der Waals surface area contributed by atoms with Crippen molar-refractivity contribution in [2.24, 2.45) is 0 Å². The van der Waals surface area contributed by atoms with Crippen LogP contribution < -0.4 is 9.46 Å². The number of halogens is 3. The third-order valence-electron chi connectivity index (χ3n) is 3.52. The van der Waals surface area contributed by atoms with Gasteiger partial charge in [-0.2, -0.15) is 0 Å². The molecule has 0 aliphatic rings. The second kappa shape index (κ2) is 7.97. The average Bonchev–Trinajstić information content (AvgIpc) is 3.11. The van der Waals surface area contributed by atoms with Gasteiger partial charge in [0.1, 0.15) is 16.5 Å². The number of benzene rings is 2. The Bertz CT molecular complexity index is 1040. The Hall–Kier alpha value is -2.59. The Morgan fingerprint density at radius 2 is 1.85 bits per heavy atom. The zero-order chi connectivity index (χ0) is 19.4. The summed E-state index contributed by atoms with van der Waals surface area (Å²) in [5.74, 6) is -3.12. The Morgan fingerprint density at radius 3 is 2.56 bits per heavy atom. The Balaban J connectivity index is 1.74. The predicted octanol–water partition coefficient (Wildman–Crippen LogP) is 3.98. The molecule has 0 aliphatic carbocycles. The molecule has 27 heavy (non-hydrogen) atoms. The van der Waals surface area contributed by atoms with Gasteiger partial charge < -0.3 is 4.74 Å². The minimum Gasteiger partial charge on any atom is -0.490 e. The number of nitrogens with one attached hydrogen (secondary N) is 1. The quantitative estimate of drug-likeness (QED) is 0.635. The van der Waals surface area contributed by atoms with E-state index in [1.165, 1.54) is 23.7 Å². The van der Waals surface area contributed by atoms with Gasteiger partial charge in [-0.1, -0.05) is 18.2 Å². The standard InChI is InChI=1S/C17H13F3N2O3S2/c18-12-4-2-1-3-11(12)5-7-25-15-9-14(20)16(10-13(15)19)27(23,24)22-17-21-6-8-26-17/h1-4,6,8-10H,5,7H2,(H,21,22). The van der Waals surface area contributed by atoms with Crippen molar-refractivity contribution in [3.63, 3.8) is 0 Å². The van der Waals surface area contributed by atoms with Gasteiger partial charge >= 0.3 is 0 Å². The summed E-state index contributed by atoms with van der Waals surface area (Å²) < 4.78 is 73.5. The molecule has 2 aromatic carbocycles. The Kier molecular flexibility index (Phi) is 5.66. The summed E-state index contributed by atoms with van der Waals surface area (Å²) in [6.45, 7) is -0.110. The van der Waals surface area contributed by atoms with E-state index in [2.05, 4.69) is 9.71 Å². The number of hydrogen-bond acceptors (Lipinski definition) is 5. The van der Waals surface area contributed by atoms with E-state index in [0.29, 0.717) is 17.7 Å². The predicted molar refractivity (Wildman–Crippen MR) is 94.9 cm³/mol. The van der Waals surface area contributed by atoms with Crippen molar-refractivity contribution in [1.29, 1.82) is 0 Å². The summed E-state index contributed by atoms with van der Waals surface area (Å²) in [6, 6.07) is 7.19. The van der Waals surface area contributed by atoms with Crippen LogP contribution in [0.1, 0.15) is 5.56 Å². The van der Waals surface area contributed by atoms with Crippen molar-refractivity contribution in [3.8, 4) is 5.75 Å². The zero-order valence-corrected chi connectivity index (χ0v) is 15.3. The lowest BCUT2D eigenvalue weighted by atomic mass is 10.1. The Morgan fingerprint density at radius 1 is 1.07 bits per heavy atom. The maximum Gasteiger partial charge on any atom is 0.266 e. The lowest BCUT2D eigenvalue weighted by Gasteiger charge is -2.11. The molecule has 0 radical (unpaired) electrons. The largest absolute Gasteiger partial charge is 0.490 e. The first-order valence-electron chi connectivity index (χ1n) is 7.64. The summed E-state index contributed by atoms with van der Waals surface area (Å²) >= 11 is 0.995. The molecule has 0 amide bonds. The third-order valence-corrected chi connectivity index (χ3v) is 5.69. The van der Waals surface area contributed by atoms with Gasteiger partial charge in [0.25, 0.3) is 10.0 Å². The maximum absolute atomic E-state index is 14.2. The first-order valence-corrected chi connectivity index (χ1v) is 10.0. The van der Waals surface area contributed by atoms with Crippen LogP contribution in [0.2, 0.25) is 0 Å². The highest BCUT2D eigenvalue weighted by Crippen LogP contribution is 2.27. The summed E-state index contributed by atoms with van der Waals surface area (Å²) in [7, 11) is -4.34. The molecule has 0 saturated carbocycles. The van der Waals surface area contributed by atoms with Crippen LogP contribution in [0.15, 0.2) is 52.9 Å². The molecule has 3 aromatic rings. The Labute approximate surface area is 157 Å². The molecule has 0 bridgehead atoms. The fourth-order valence-corrected chi connectivity index (χ4v) is 4.10. The molecular formula is C17H13F3N2O3S2. The molecule has 3 rings (SSSR count). The van der Waals surface area contributed by atoms with Gasteiger partial charge in [0.15, 0.2) is 16.7 Å². The van der Waals surface area contributed by atoms with Crippen LogP contribution in [0, 0.1) is 17.5 Å². The highest BCUT2D eigenvalue weighted by Gasteiger charge is 2.23. The van der Waals surface area contributed by atoms with Crippen LogP contribution in [-0.2, 0) is 16.4 Å². The number of thiazole rings is 1. The smallest absolute Gasteiger partial charge is 0.266 e. The van der Waals surface area contributed by atoms with Gasteiger partial charge in [0.2, 0.25) is 0 Å². The third kappa shape index (κ3) is 4.58. The number of ether oxygens (including phenoxy) is 1.